The highest BCUT2D eigenvalue weighted by atomic mass is 16.5. The summed E-state index contributed by atoms with van der Waals surface area (Å²) in [5.41, 5.74) is 1.96. The van der Waals surface area contributed by atoms with Gasteiger partial charge in [-0.25, -0.2) is 9.48 Å². The number of carbonyl (C=O) groups excluding carboxylic acids is 1. The van der Waals surface area contributed by atoms with Crippen molar-refractivity contribution >= 4 is 11.9 Å². The minimum Gasteiger partial charge on any atom is -0.445 e. The lowest BCUT2D eigenvalue weighted by Gasteiger charge is -2.07. The predicted molar refractivity (Wildman–Crippen MR) is 96.7 cm³/mol. The largest absolute Gasteiger partial charge is 0.445 e. The zero-order valence-corrected chi connectivity index (χ0v) is 13.8. The van der Waals surface area contributed by atoms with Gasteiger partial charge in [-0.1, -0.05) is 48.5 Å². The number of carbonyl (C=O) groups is 1. The van der Waals surface area contributed by atoms with Crippen molar-refractivity contribution in [1.29, 1.82) is 0 Å². The third kappa shape index (κ3) is 5.10. The number of aromatic nitrogens is 2. The monoisotopic (exact) mass is 336 g/mol. The highest BCUT2D eigenvalue weighted by Gasteiger charge is 2.03. The number of amides is 1. The van der Waals surface area contributed by atoms with Gasteiger partial charge in [-0.15, -0.1) is 0 Å². The van der Waals surface area contributed by atoms with Crippen LogP contribution in [0.25, 0.3) is 5.69 Å². The standard InChI is InChI=1S/C19H20N4O2/c24-19(25-15-16-7-3-1-4-8-16)21-13-12-20-18-11-14-23(22-18)17-9-5-2-6-10-17/h1-11,14H,12-13,15H2,(H,20,22)(H,21,24). The lowest BCUT2D eigenvalue weighted by Crippen LogP contribution is -2.29. The Balaban J connectivity index is 1.36. The molecule has 2 aromatic carbocycles. The van der Waals surface area contributed by atoms with E-state index in [1.165, 1.54) is 0 Å². The van der Waals surface area contributed by atoms with Crippen LogP contribution in [0.4, 0.5) is 10.6 Å². The fourth-order valence-electron chi connectivity index (χ4n) is 2.27. The van der Waals surface area contributed by atoms with Crippen LogP contribution in [0.1, 0.15) is 5.56 Å². The van der Waals surface area contributed by atoms with Crippen molar-refractivity contribution < 1.29 is 9.53 Å². The summed E-state index contributed by atoms with van der Waals surface area (Å²) in [7, 11) is 0. The molecule has 3 aromatic rings. The van der Waals surface area contributed by atoms with Crippen LogP contribution in [0, 0.1) is 0 Å². The zero-order valence-electron chi connectivity index (χ0n) is 13.8. The van der Waals surface area contributed by atoms with Crippen LogP contribution in [-0.2, 0) is 11.3 Å². The lowest BCUT2D eigenvalue weighted by molar-refractivity contribution is 0.140. The van der Waals surface area contributed by atoms with Crippen molar-refractivity contribution in [3.05, 3.63) is 78.5 Å². The number of anilines is 1. The molecule has 1 amide bonds. The van der Waals surface area contributed by atoms with E-state index in [1.54, 1.807) is 4.68 Å². The smallest absolute Gasteiger partial charge is 0.407 e. The average molecular weight is 336 g/mol. The molecule has 6 nitrogen and oxygen atoms in total. The van der Waals surface area contributed by atoms with Crippen LogP contribution < -0.4 is 10.6 Å². The molecular weight excluding hydrogens is 316 g/mol. The van der Waals surface area contributed by atoms with Crippen LogP contribution in [0.5, 0.6) is 0 Å². The predicted octanol–water partition coefficient (Wildman–Crippen LogP) is 3.21. The number of rotatable bonds is 7. The molecule has 0 fully saturated rings. The van der Waals surface area contributed by atoms with Crippen molar-refractivity contribution in [2.45, 2.75) is 6.61 Å². The Kier molecular flexibility index (Phi) is 5.66. The van der Waals surface area contributed by atoms with E-state index >= 15 is 0 Å². The number of nitrogens with one attached hydrogen (secondary N) is 2. The summed E-state index contributed by atoms with van der Waals surface area (Å²) in [6.45, 7) is 1.28. The number of alkyl carbamates (subject to hydrolysis) is 1. The highest BCUT2D eigenvalue weighted by Crippen LogP contribution is 2.09. The highest BCUT2D eigenvalue weighted by molar-refractivity contribution is 5.67. The summed E-state index contributed by atoms with van der Waals surface area (Å²) in [5, 5.41) is 10.3. The van der Waals surface area contributed by atoms with Crippen LogP contribution in [0.2, 0.25) is 0 Å². The minimum absolute atomic E-state index is 0.265. The molecule has 1 heterocycles. The van der Waals surface area contributed by atoms with Gasteiger partial charge in [0, 0.05) is 25.4 Å². The molecule has 0 unspecified atom stereocenters. The molecule has 0 bridgehead atoms. The Morgan fingerprint density at radius 3 is 2.44 bits per heavy atom. The summed E-state index contributed by atoms with van der Waals surface area (Å²) < 4.78 is 6.94. The second kappa shape index (κ2) is 8.54. The van der Waals surface area contributed by atoms with E-state index in [0.717, 1.165) is 17.1 Å². The van der Waals surface area contributed by atoms with Crippen LogP contribution >= 0.6 is 0 Å². The van der Waals surface area contributed by atoms with Crippen molar-refractivity contribution in [1.82, 2.24) is 15.1 Å². The number of benzene rings is 2. The van der Waals surface area contributed by atoms with Gasteiger partial charge >= 0.3 is 6.09 Å². The maximum absolute atomic E-state index is 11.6. The third-order valence-corrected chi connectivity index (χ3v) is 3.52. The first-order valence-corrected chi connectivity index (χ1v) is 8.11. The molecule has 25 heavy (non-hydrogen) atoms. The van der Waals surface area contributed by atoms with Gasteiger partial charge in [-0.3, -0.25) is 0 Å². The fourth-order valence-corrected chi connectivity index (χ4v) is 2.27. The Hall–Kier alpha value is -3.28. The molecule has 0 aliphatic rings. The number of nitrogens with zero attached hydrogens (tertiary/aromatic N) is 2. The van der Waals surface area contributed by atoms with Crippen LogP contribution in [0.3, 0.4) is 0 Å². The summed E-state index contributed by atoms with van der Waals surface area (Å²) in [5.74, 6) is 0.753. The molecule has 6 heteroatoms. The molecule has 0 radical (unpaired) electrons. The van der Waals surface area contributed by atoms with Gasteiger partial charge in [0.25, 0.3) is 0 Å². The van der Waals surface area contributed by atoms with Gasteiger partial charge in [-0.2, -0.15) is 5.10 Å². The molecule has 2 N–H and O–H groups in total. The number of ether oxygens (including phenoxy) is 1. The molecule has 128 valence electrons. The van der Waals surface area contributed by atoms with E-state index in [4.69, 9.17) is 4.74 Å². The van der Waals surface area contributed by atoms with E-state index in [-0.39, 0.29) is 6.61 Å². The second-order valence-electron chi connectivity index (χ2n) is 5.40. The van der Waals surface area contributed by atoms with E-state index < -0.39 is 6.09 Å². The molecule has 0 aliphatic carbocycles. The fraction of sp³-hybridized carbons (Fsp3) is 0.158. The van der Waals surface area contributed by atoms with Gasteiger partial charge in [0.1, 0.15) is 12.4 Å². The Morgan fingerprint density at radius 2 is 1.68 bits per heavy atom. The van der Waals surface area contributed by atoms with Crippen molar-refractivity contribution in [3.63, 3.8) is 0 Å². The summed E-state index contributed by atoms with van der Waals surface area (Å²) >= 11 is 0. The van der Waals surface area contributed by atoms with Gasteiger partial charge < -0.3 is 15.4 Å². The minimum atomic E-state index is -0.430. The Morgan fingerprint density at radius 1 is 0.960 bits per heavy atom. The van der Waals surface area contributed by atoms with Crippen LogP contribution in [-0.4, -0.2) is 29.0 Å². The first kappa shape index (κ1) is 16.6. The van der Waals surface area contributed by atoms with Gasteiger partial charge in [0.15, 0.2) is 0 Å². The summed E-state index contributed by atoms with van der Waals surface area (Å²) in [4.78, 5) is 11.6. The maximum Gasteiger partial charge on any atom is 0.407 e. The maximum atomic E-state index is 11.6. The Labute approximate surface area is 146 Å². The topological polar surface area (TPSA) is 68.2 Å². The molecule has 0 spiro atoms. The van der Waals surface area contributed by atoms with E-state index in [0.29, 0.717) is 13.1 Å². The molecule has 0 saturated heterocycles. The van der Waals surface area contributed by atoms with Gasteiger partial charge in [0.2, 0.25) is 0 Å². The number of hydrogen-bond acceptors (Lipinski definition) is 4. The molecule has 0 saturated carbocycles. The van der Waals surface area contributed by atoms with E-state index in [2.05, 4.69) is 15.7 Å². The quantitative estimate of drug-likeness (QED) is 0.650. The van der Waals surface area contributed by atoms with Crippen molar-refractivity contribution in [3.8, 4) is 5.69 Å². The van der Waals surface area contributed by atoms with Crippen LogP contribution in [0.15, 0.2) is 72.9 Å². The first-order chi connectivity index (χ1) is 12.3. The zero-order chi connectivity index (χ0) is 17.3. The van der Waals surface area contributed by atoms with Crippen molar-refractivity contribution in [2.75, 3.05) is 18.4 Å². The normalized spacial score (nSPS) is 10.2. The number of hydrogen-bond donors (Lipinski definition) is 2. The van der Waals surface area contributed by atoms with Gasteiger partial charge in [-0.05, 0) is 17.7 Å². The van der Waals surface area contributed by atoms with Gasteiger partial charge in [0.05, 0.1) is 5.69 Å². The Bertz CT molecular complexity index is 787. The average Bonchev–Trinajstić information content (AvgIpc) is 3.14. The van der Waals surface area contributed by atoms with E-state index in [1.807, 2.05) is 72.9 Å². The molecule has 0 atom stereocenters. The third-order valence-electron chi connectivity index (χ3n) is 3.52. The lowest BCUT2D eigenvalue weighted by atomic mass is 10.2. The summed E-state index contributed by atoms with van der Waals surface area (Å²) in [6.07, 6.45) is 1.46. The van der Waals surface area contributed by atoms with E-state index in [9.17, 15) is 4.79 Å². The summed E-state index contributed by atoms with van der Waals surface area (Å²) in [6, 6.07) is 21.3. The molecule has 0 aliphatic heterocycles. The SMILES string of the molecule is O=C(NCCNc1ccn(-c2ccccc2)n1)OCc1ccccc1. The second-order valence-corrected chi connectivity index (χ2v) is 5.40. The van der Waals surface area contributed by atoms with Crippen molar-refractivity contribution in [2.24, 2.45) is 0 Å². The molecule has 1 aromatic heterocycles. The molecule has 3 rings (SSSR count). The molecular formula is C19H20N4O2. The number of para-hydroxylation sites is 1. The first-order valence-electron chi connectivity index (χ1n) is 8.11.